The number of carbonyl (C=O) groups is 3. The van der Waals surface area contributed by atoms with E-state index in [1.165, 1.54) is 25.7 Å². The Hall–Kier alpha value is -1.12. The van der Waals surface area contributed by atoms with Gasteiger partial charge in [-0.25, -0.2) is 4.79 Å². The van der Waals surface area contributed by atoms with Gasteiger partial charge in [0.25, 0.3) is 0 Å². The first-order chi connectivity index (χ1) is 25.0. The van der Waals surface area contributed by atoms with Gasteiger partial charge in [0.2, 0.25) is 0 Å². The maximum atomic E-state index is 14.3. The van der Waals surface area contributed by atoms with Crippen molar-refractivity contribution in [2.24, 2.45) is 58.2 Å². The molecule has 0 radical (unpaired) electrons. The van der Waals surface area contributed by atoms with Gasteiger partial charge < -0.3 is 14.2 Å². The molecular formula is C39H58F2O9S3. The molecule has 8 unspecified atom stereocenters. The summed E-state index contributed by atoms with van der Waals surface area (Å²) in [5, 5.41) is -5.03. The molecule has 0 aromatic rings. The number of hydrogen-bond donors (Lipinski definition) is 1. The van der Waals surface area contributed by atoms with E-state index >= 15 is 0 Å². The van der Waals surface area contributed by atoms with Crippen LogP contribution in [-0.4, -0.2) is 71.0 Å². The van der Waals surface area contributed by atoms with E-state index in [2.05, 4.69) is 13.8 Å². The molecule has 0 spiro atoms. The molecule has 6 bridgehead atoms. The lowest BCUT2D eigenvalue weighted by molar-refractivity contribution is -0.189. The van der Waals surface area contributed by atoms with Crippen LogP contribution in [0.15, 0.2) is 0 Å². The zero-order chi connectivity index (χ0) is 37.8. The number of hydrogen-bond acceptors (Lipinski definition) is 10. The minimum absolute atomic E-state index is 0.00475. The first-order valence-corrected chi connectivity index (χ1v) is 23.7. The van der Waals surface area contributed by atoms with Crippen LogP contribution in [0, 0.1) is 58.2 Å². The van der Waals surface area contributed by atoms with Crippen LogP contribution in [0.1, 0.15) is 123 Å². The van der Waals surface area contributed by atoms with Gasteiger partial charge >= 0.3 is 33.3 Å². The zero-order valence-electron chi connectivity index (χ0n) is 31.2. The van der Waals surface area contributed by atoms with E-state index in [9.17, 15) is 31.6 Å². The average Bonchev–Trinajstić information content (AvgIpc) is 3.08. The lowest BCUT2D eigenvalue weighted by Crippen LogP contribution is -2.52. The third kappa shape index (κ3) is 8.60. The maximum absolute atomic E-state index is 14.3. The Kier molecular flexibility index (Phi) is 11.6. The first-order valence-electron chi connectivity index (χ1n) is 20.1. The van der Waals surface area contributed by atoms with Crippen molar-refractivity contribution in [1.29, 1.82) is 0 Å². The fourth-order valence-electron chi connectivity index (χ4n) is 12.2. The summed E-state index contributed by atoms with van der Waals surface area (Å²) < 4.78 is 78.2. The number of alkyl halides is 2. The van der Waals surface area contributed by atoms with Crippen LogP contribution in [-0.2, 0) is 38.7 Å². The van der Waals surface area contributed by atoms with E-state index < -0.39 is 37.8 Å². The van der Waals surface area contributed by atoms with Gasteiger partial charge in [0.15, 0.2) is 0 Å². The summed E-state index contributed by atoms with van der Waals surface area (Å²) in [7, 11) is -5.97. The van der Waals surface area contributed by atoms with Gasteiger partial charge in [-0.05, 0) is 131 Å². The van der Waals surface area contributed by atoms with Crippen LogP contribution in [0.25, 0.3) is 0 Å². The Morgan fingerprint density at radius 1 is 0.774 bits per heavy atom. The molecule has 7 rings (SSSR count). The number of rotatable bonds is 10. The van der Waals surface area contributed by atoms with Gasteiger partial charge in [-0.1, -0.05) is 33.1 Å². The largest absolute Gasteiger partial charge is 0.465 e. The smallest absolute Gasteiger partial charge is 0.465 e. The SMILES string of the molecule is CC1CC2CC(C1)CC(C(=O)OCC1(COC(=O)C34CCCC(CC(C)C3)C4)CSC(C3CC4CCCC(OC(=O)C(F)(F)S(=O)(=O)O)(C4)C3)SC1)C2. The fraction of sp³-hybridized carbons (Fsp3) is 0.923. The summed E-state index contributed by atoms with van der Waals surface area (Å²) in [6.07, 6.45) is 14.7. The van der Waals surface area contributed by atoms with Crippen molar-refractivity contribution in [3.63, 3.8) is 0 Å². The van der Waals surface area contributed by atoms with Crippen molar-refractivity contribution in [3.8, 4) is 0 Å². The second kappa shape index (κ2) is 15.3. The summed E-state index contributed by atoms with van der Waals surface area (Å²) in [5.41, 5.74) is -2.25. The van der Waals surface area contributed by atoms with Gasteiger partial charge in [0.05, 0.1) is 21.3 Å². The van der Waals surface area contributed by atoms with Crippen LogP contribution in [0.4, 0.5) is 8.78 Å². The van der Waals surface area contributed by atoms with E-state index in [1.54, 1.807) is 23.5 Å². The Morgan fingerprint density at radius 3 is 2.08 bits per heavy atom. The third-order valence-electron chi connectivity index (χ3n) is 14.1. The Bertz CT molecular complexity index is 1480. The van der Waals surface area contributed by atoms with E-state index in [4.69, 9.17) is 18.8 Å². The second-order valence-electron chi connectivity index (χ2n) is 18.9. The van der Waals surface area contributed by atoms with Gasteiger partial charge in [-0.15, -0.1) is 23.5 Å². The molecule has 9 nitrogen and oxygen atoms in total. The molecule has 1 heterocycles. The van der Waals surface area contributed by atoms with E-state index in [-0.39, 0.29) is 47.5 Å². The van der Waals surface area contributed by atoms with Gasteiger partial charge in [-0.2, -0.15) is 17.2 Å². The highest BCUT2D eigenvalue weighted by molar-refractivity contribution is 8.17. The molecule has 300 valence electrons. The van der Waals surface area contributed by atoms with Crippen molar-refractivity contribution < 1.29 is 50.3 Å². The number of carbonyl (C=O) groups excluding carboxylic acids is 3. The van der Waals surface area contributed by atoms with Crippen molar-refractivity contribution in [2.75, 3.05) is 24.7 Å². The predicted molar refractivity (Wildman–Crippen MR) is 199 cm³/mol. The van der Waals surface area contributed by atoms with Gasteiger partial charge in [-0.3, -0.25) is 14.1 Å². The van der Waals surface area contributed by atoms with Crippen LogP contribution < -0.4 is 0 Å². The topological polar surface area (TPSA) is 133 Å². The fourth-order valence-corrected chi connectivity index (χ4v) is 15.9. The van der Waals surface area contributed by atoms with Gasteiger partial charge in [0, 0.05) is 11.5 Å². The highest BCUT2D eigenvalue weighted by Gasteiger charge is 2.58. The van der Waals surface area contributed by atoms with E-state index in [0.29, 0.717) is 66.8 Å². The summed E-state index contributed by atoms with van der Waals surface area (Å²) in [4.78, 5) is 40.1. The lowest BCUT2D eigenvalue weighted by atomic mass is 9.59. The molecule has 6 saturated carbocycles. The van der Waals surface area contributed by atoms with E-state index in [0.717, 1.165) is 57.8 Å². The molecule has 1 aliphatic heterocycles. The minimum atomic E-state index is -5.97. The number of fused-ring (bicyclic) bond motifs is 6. The standard InChI is InChI=1S/C39H58F2O9S3/c1-24-9-28-12-29(10-24)15-30(14-28)32(42)48-20-36(21-49-34(43)37-7-3-5-26(17-37)11-25(2)16-37)22-51-33(52-23-36)31-13-27-6-4-8-38(18-27,19-31)50-35(44)39(40,41)53(45,46)47/h24-31,33H,3-23H2,1-2H3,(H,45,46,47). The summed E-state index contributed by atoms with van der Waals surface area (Å²) in [5.74, 6) is 1.61. The maximum Gasteiger partial charge on any atom is 0.465 e. The average molecular weight is 805 g/mol. The minimum Gasteiger partial charge on any atom is -0.465 e. The van der Waals surface area contributed by atoms with Crippen LogP contribution in [0.5, 0.6) is 0 Å². The molecule has 1 saturated heterocycles. The van der Waals surface area contributed by atoms with Crippen molar-refractivity contribution in [2.45, 2.75) is 138 Å². The molecule has 0 aromatic carbocycles. The van der Waals surface area contributed by atoms with Crippen LogP contribution in [0.3, 0.4) is 0 Å². The number of halogens is 2. The monoisotopic (exact) mass is 804 g/mol. The first kappa shape index (κ1) is 40.1. The molecule has 0 amide bonds. The highest BCUT2D eigenvalue weighted by atomic mass is 32.2. The zero-order valence-corrected chi connectivity index (χ0v) is 33.7. The molecule has 7 fully saturated rings. The van der Waals surface area contributed by atoms with Crippen LogP contribution >= 0.6 is 23.5 Å². The highest BCUT2D eigenvalue weighted by Crippen LogP contribution is 2.56. The molecule has 0 aromatic heterocycles. The molecule has 1 N–H and O–H groups in total. The number of thioether (sulfide) groups is 2. The number of esters is 3. The Labute approximate surface area is 322 Å². The summed E-state index contributed by atoms with van der Waals surface area (Å²) >= 11 is 3.41. The van der Waals surface area contributed by atoms with Crippen molar-refractivity contribution in [1.82, 2.24) is 0 Å². The second-order valence-corrected chi connectivity index (χ2v) is 22.9. The molecule has 6 aliphatic carbocycles. The third-order valence-corrected chi connectivity index (χ3v) is 18.7. The predicted octanol–water partition coefficient (Wildman–Crippen LogP) is 8.30. The molecule has 7 aliphatic rings. The van der Waals surface area contributed by atoms with Crippen molar-refractivity contribution in [3.05, 3.63) is 0 Å². The quantitative estimate of drug-likeness (QED) is 0.130. The summed E-state index contributed by atoms with van der Waals surface area (Å²) in [6, 6.07) is 0. The van der Waals surface area contributed by atoms with Gasteiger partial charge in [0.1, 0.15) is 18.8 Å². The van der Waals surface area contributed by atoms with Crippen LogP contribution in [0.2, 0.25) is 0 Å². The normalized spacial score (nSPS) is 42.9. The van der Waals surface area contributed by atoms with Crippen molar-refractivity contribution >= 4 is 51.5 Å². The molecule has 14 heteroatoms. The number of ether oxygens (including phenoxy) is 3. The Morgan fingerprint density at radius 2 is 1.40 bits per heavy atom. The Balaban J connectivity index is 1.03. The van der Waals surface area contributed by atoms with E-state index in [1.807, 2.05) is 0 Å². The summed E-state index contributed by atoms with van der Waals surface area (Å²) in [6.45, 7) is 4.88. The molecule has 8 atom stereocenters. The lowest BCUT2D eigenvalue weighted by Gasteiger charge is -2.50. The molecular weight excluding hydrogens is 747 g/mol. The molecule has 53 heavy (non-hydrogen) atoms.